The maximum absolute atomic E-state index is 11.4. The average molecular weight is 221 g/mol. The first-order valence-electron chi connectivity index (χ1n) is 5.53. The van der Waals surface area contributed by atoms with Crippen molar-refractivity contribution in [2.24, 2.45) is 0 Å². The Labute approximate surface area is 97.0 Å². The van der Waals surface area contributed by atoms with Crippen LogP contribution in [0.4, 0.5) is 0 Å². The van der Waals surface area contributed by atoms with Gasteiger partial charge in [-0.3, -0.25) is 9.69 Å². The van der Waals surface area contributed by atoms with Crippen LogP contribution in [-0.4, -0.2) is 37.5 Å². The number of hydrogen-bond donors (Lipinski definition) is 0. The Hall–Kier alpha value is -1.19. The quantitative estimate of drug-likeness (QED) is 0.702. The molecule has 0 N–H and O–H groups in total. The van der Waals surface area contributed by atoms with Crippen LogP contribution in [0.2, 0.25) is 0 Å². The summed E-state index contributed by atoms with van der Waals surface area (Å²) in [5.41, 5.74) is 1.23. The van der Waals surface area contributed by atoms with Gasteiger partial charge in [0.25, 0.3) is 0 Å². The molecule has 0 bridgehead atoms. The van der Waals surface area contributed by atoms with Crippen molar-refractivity contribution in [1.29, 1.82) is 0 Å². The van der Waals surface area contributed by atoms with Gasteiger partial charge in [0.05, 0.1) is 6.54 Å². The lowest BCUT2D eigenvalue weighted by Gasteiger charge is -2.19. The van der Waals surface area contributed by atoms with E-state index in [9.17, 15) is 4.79 Å². The Bertz CT molecular complexity index is 311. The van der Waals surface area contributed by atoms with Crippen molar-refractivity contribution >= 4 is 5.78 Å². The summed E-state index contributed by atoms with van der Waals surface area (Å²) in [5, 5.41) is 0. The van der Waals surface area contributed by atoms with Gasteiger partial charge in [0, 0.05) is 13.7 Å². The third kappa shape index (κ3) is 4.55. The first kappa shape index (κ1) is 12.9. The molecule has 0 fully saturated rings. The molecule has 0 aliphatic carbocycles. The molecule has 0 unspecified atom stereocenters. The summed E-state index contributed by atoms with van der Waals surface area (Å²) >= 11 is 0. The highest BCUT2D eigenvalue weighted by molar-refractivity contribution is 5.81. The monoisotopic (exact) mass is 221 g/mol. The zero-order valence-corrected chi connectivity index (χ0v) is 9.98. The molecule has 1 aromatic carbocycles. The minimum atomic E-state index is 0.125. The van der Waals surface area contributed by atoms with Crippen LogP contribution < -0.4 is 0 Å². The maximum Gasteiger partial charge on any atom is 0.172 e. The van der Waals surface area contributed by atoms with E-state index >= 15 is 0 Å². The number of ketones is 1. The number of Topliss-reactive ketones (excluding diaryl/α,β-unsaturated/α-hetero) is 1. The second kappa shape index (κ2) is 7.14. The van der Waals surface area contributed by atoms with Gasteiger partial charge in [0.1, 0.15) is 6.61 Å². The van der Waals surface area contributed by atoms with E-state index in [0.717, 1.165) is 13.1 Å². The number of likely N-dealkylation sites (N-methyl/N-ethyl adjacent to an activating group) is 1. The van der Waals surface area contributed by atoms with E-state index in [1.807, 2.05) is 18.2 Å². The molecule has 16 heavy (non-hydrogen) atoms. The summed E-state index contributed by atoms with van der Waals surface area (Å²) in [6.45, 7) is 4.39. The molecular formula is C13H19NO2. The lowest BCUT2D eigenvalue weighted by atomic mass is 10.2. The van der Waals surface area contributed by atoms with E-state index < -0.39 is 0 Å². The lowest BCUT2D eigenvalue weighted by Crippen LogP contribution is -2.31. The second-order valence-electron chi connectivity index (χ2n) is 3.76. The van der Waals surface area contributed by atoms with Crippen LogP contribution in [0, 0.1) is 0 Å². The number of benzene rings is 1. The first-order valence-corrected chi connectivity index (χ1v) is 5.53. The normalized spacial score (nSPS) is 10.7. The fourth-order valence-electron chi connectivity index (χ4n) is 1.58. The molecule has 0 saturated heterocycles. The third-order valence-corrected chi connectivity index (χ3v) is 2.40. The fourth-order valence-corrected chi connectivity index (χ4v) is 1.58. The molecule has 0 aliphatic rings. The van der Waals surface area contributed by atoms with Crippen LogP contribution in [0.15, 0.2) is 30.3 Å². The molecule has 0 amide bonds. The zero-order valence-electron chi connectivity index (χ0n) is 9.98. The lowest BCUT2D eigenvalue weighted by molar-refractivity contribution is -0.123. The van der Waals surface area contributed by atoms with E-state index in [0.29, 0.717) is 6.54 Å². The van der Waals surface area contributed by atoms with Crippen LogP contribution in [0.1, 0.15) is 12.5 Å². The Morgan fingerprint density at radius 1 is 1.31 bits per heavy atom. The van der Waals surface area contributed by atoms with Crippen molar-refractivity contribution in [2.45, 2.75) is 13.5 Å². The molecular weight excluding hydrogens is 202 g/mol. The van der Waals surface area contributed by atoms with Gasteiger partial charge in [-0.05, 0) is 12.1 Å². The number of nitrogens with zero attached hydrogens (tertiary/aromatic N) is 1. The molecule has 0 aliphatic heterocycles. The van der Waals surface area contributed by atoms with E-state index in [1.165, 1.54) is 5.56 Å². The average Bonchev–Trinajstić information content (AvgIpc) is 2.30. The smallest absolute Gasteiger partial charge is 0.172 e. The van der Waals surface area contributed by atoms with Gasteiger partial charge in [0.15, 0.2) is 5.78 Å². The molecule has 0 saturated carbocycles. The number of hydrogen-bond acceptors (Lipinski definition) is 3. The molecule has 0 atom stereocenters. The van der Waals surface area contributed by atoms with Crippen molar-refractivity contribution in [1.82, 2.24) is 4.90 Å². The molecule has 0 aromatic heterocycles. The Morgan fingerprint density at radius 3 is 2.56 bits per heavy atom. The molecule has 0 radical (unpaired) electrons. The highest BCUT2D eigenvalue weighted by Crippen LogP contribution is 2.03. The highest BCUT2D eigenvalue weighted by Gasteiger charge is 2.08. The van der Waals surface area contributed by atoms with Crippen LogP contribution >= 0.6 is 0 Å². The number of carbonyl (C=O) groups is 1. The number of rotatable bonds is 7. The maximum atomic E-state index is 11.4. The standard InChI is InChI=1S/C13H19NO2/c1-3-14(10-13(15)11-16-2)9-12-7-5-4-6-8-12/h4-8H,3,9-11H2,1-2H3. The number of ether oxygens (including phenoxy) is 1. The molecule has 1 rings (SSSR count). The summed E-state index contributed by atoms with van der Waals surface area (Å²) in [7, 11) is 1.55. The summed E-state index contributed by atoms with van der Waals surface area (Å²) in [4.78, 5) is 13.5. The second-order valence-corrected chi connectivity index (χ2v) is 3.76. The Morgan fingerprint density at radius 2 is 2.00 bits per heavy atom. The Kier molecular flexibility index (Phi) is 5.75. The van der Waals surface area contributed by atoms with Crippen LogP contribution in [0.25, 0.3) is 0 Å². The molecule has 3 nitrogen and oxygen atoms in total. The van der Waals surface area contributed by atoms with Gasteiger partial charge in [-0.1, -0.05) is 37.3 Å². The zero-order chi connectivity index (χ0) is 11.8. The molecule has 0 spiro atoms. The Balaban J connectivity index is 2.46. The number of carbonyl (C=O) groups excluding carboxylic acids is 1. The number of methoxy groups -OCH3 is 1. The van der Waals surface area contributed by atoms with Gasteiger partial charge in [-0.2, -0.15) is 0 Å². The summed E-state index contributed by atoms with van der Waals surface area (Å²) in [5.74, 6) is 0.125. The third-order valence-electron chi connectivity index (χ3n) is 2.40. The fraction of sp³-hybridized carbons (Fsp3) is 0.462. The minimum Gasteiger partial charge on any atom is -0.377 e. The van der Waals surface area contributed by atoms with Crippen LogP contribution in [-0.2, 0) is 16.1 Å². The largest absolute Gasteiger partial charge is 0.377 e. The predicted molar refractivity (Wildman–Crippen MR) is 64.3 cm³/mol. The van der Waals surface area contributed by atoms with Gasteiger partial charge in [-0.15, -0.1) is 0 Å². The van der Waals surface area contributed by atoms with E-state index in [-0.39, 0.29) is 12.4 Å². The molecule has 3 heteroatoms. The molecule has 88 valence electrons. The van der Waals surface area contributed by atoms with Gasteiger partial charge in [0.2, 0.25) is 0 Å². The SMILES string of the molecule is CCN(CC(=O)COC)Cc1ccccc1. The summed E-state index contributed by atoms with van der Waals surface area (Å²) in [6.07, 6.45) is 0. The van der Waals surface area contributed by atoms with Crippen molar-refractivity contribution in [3.63, 3.8) is 0 Å². The van der Waals surface area contributed by atoms with Crippen molar-refractivity contribution in [3.8, 4) is 0 Å². The van der Waals surface area contributed by atoms with Crippen LogP contribution in [0.5, 0.6) is 0 Å². The molecule has 1 aromatic rings. The van der Waals surface area contributed by atoms with Crippen molar-refractivity contribution in [3.05, 3.63) is 35.9 Å². The van der Waals surface area contributed by atoms with Gasteiger partial charge >= 0.3 is 0 Å². The van der Waals surface area contributed by atoms with E-state index in [4.69, 9.17) is 4.74 Å². The predicted octanol–water partition coefficient (Wildman–Crippen LogP) is 1.72. The van der Waals surface area contributed by atoms with E-state index in [2.05, 4.69) is 24.0 Å². The first-order chi connectivity index (χ1) is 7.76. The van der Waals surface area contributed by atoms with Gasteiger partial charge < -0.3 is 4.74 Å². The summed E-state index contributed by atoms with van der Waals surface area (Å²) in [6, 6.07) is 10.2. The van der Waals surface area contributed by atoms with Crippen LogP contribution in [0.3, 0.4) is 0 Å². The van der Waals surface area contributed by atoms with Crippen molar-refractivity contribution < 1.29 is 9.53 Å². The van der Waals surface area contributed by atoms with Crippen molar-refractivity contribution in [2.75, 3.05) is 26.8 Å². The van der Waals surface area contributed by atoms with E-state index in [1.54, 1.807) is 7.11 Å². The minimum absolute atomic E-state index is 0.125. The molecule has 0 heterocycles. The summed E-state index contributed by atoms with van der Waals surface area (Å²) < 4.78 is 4.82. The van der Waals surface area contributed by atoms with Gasteiger partial charge in [-0.25, -0.2) is 0 Å². The topological polar surface area (TPSA) is 29.5 Å². The highest BCUT2D eigenvalue weighted by atomic mass is 16.5.